The van der Waals surface area contributed by atoms with Crippen molar-refractivity contribution in [3.05, 3.63) is 50.7 Å². The third-order valence-electron chi connectivity index (χ3n) is 2.78. The van der Waals surface area contributed by atoms with Gasteiger partial charge in [0.2, 0.25) is 0 Å². The average Bonchev–Trinajstić information content (AvgIpc) is 2.50. The van der Waals surface area contributed by atoms with Crippen molar-refractivity contribution in [2.24, 2.45) is 14.1 Å². The van der Waals surface area contributed by atoms with Crippen molar-refractivity contribution in [1.82, 2.24) is 14.3 Å². The summed E-state index contributed by atoms with van der Waals surface area (Å²) in [5.74, 6) is -0.394. The predicted molar refractivity (Wildman–Crippen MR) is 72.6 cm³/mol. The van der Waals surface area contributed by atoms with E-state index in [1.165, 1.54) is 45.5 Å². The Balaban J connectivity index is 2.33. The maximum absolute atomic E-state index is 11.9. The summed E-state index contributed by atoms with van der Waals surface area (Å²) in [6.45, 7) is 0. The maximum Gasteiger partial charge on any atom is 0.347 e. The van der Waals surface area contributed by atoms with Gasteiger partial charge < -0.3 is 9.47 Å². The highest BCUT2D eigenvalue weighted by atomic mass is 16.5. The zero-order valence-corrected chi connectivity index (χ0v) is 11.7. The second kappa shape index (κ2) is 5.61. The monoisotopic (exact) mass is 291 g/mol. The van der Waals surface area contributed by atoms with Gasteiger partial charge in [-0.05, 0) is 24.3 Å². The fourth-order valence-electron chi connectivity index (χ4n) is 1.62. The smallest absolute Gasteiger partial charge is 0.347 e. The van der Waals surface area contributed by atoms with Gasteiger partial charge >= 0.3 is 23.1 Å². The van der Waals surface area contributed by atoms with Crippen LogP contribution in [0.2, 0.25) is 0 Å². The highest BCUT2D eigenvalue weighted by Crippen LogP contribution is 2.17. The molecule has 0 aliphatic rings. The fraction of sp³-hybridized carbons (Fsp3) is 0.231. The summed E-state index contributed by atoms with van der Waals surface area (Å²) in [7, 11) is 4.03. The van der Waals surface area contributed by atoms with Gasteiger partial charge in [-0.3, -0.25) is 9.36 Å². The van der Waals surface area contributed by atoms with Gasteiger partial charge in [0, 0.05) is 14.1 Å². The molecule has 0 radical (unpaired) electrons. The van der Waals surface area contributed by atoms with Gasteiger partial charge in [-0.1, -0.05) is 0 Å². The number of rotatable bonds is 3. The first-order valence-electron chi connectivity index (χ1n) is 5.94. The van der Waals surface area contributed by atoms with Crippen LogP contribution in [0.1, 0.15) is 10.4 Å². The Morgan fingerprint density at radius 3 is 2.33 bits per heavy atom. The number of ether oxygens (including phenoxy) is 2. The molecule has 1 aromatic carbocycles. The second-order valence-electron chi connectivity index (χ2n) is 4.19. The highest BCUT2D eigenvalue weighted by Gasteiger charge is 2.11. The normalized spacial score (nSPS) is 10.2. The largest absolute Gasteiger partial charge is 0.465 e. The quantitative estimate of drug-likeness (QED) is 0.742. The molecule has 2 rings (SSSR count). The van der Waals surface area contributed by atoms with Crippen LogP contribution in [0.15, 0.2) is 33.9 Å². The van der Waals surface area contributed by atoms with Gasteiger partial charge in [0.25, 0.3) is 0 Å². The number of methoxy groups -OCH3 is 1. The summed E-state index contributed by atoms with van der Waals surface area (Å²) in [6.07, 6.45) is 0. The van der Waals surface area contributed by atoms with Crippen molar-refractivity contribution in [2.75, 3.05) is 7.11 Å². The van der Waals surface area contributed by atoms with Crippen LogP contribution < -0.4 is 16.0 Å². The molecule has 0 aliphatic heterocycles. The third-order valence-corrected chi connectivity index (χ3v) is 2.78. The number of nitrogens with zero attached hydrogens (tertiary/aromatic N) is 3. The molecule has 0 atom stereocenters. The molecule has 0 bridgehead atoms. The first kappa shape index (κ1) is 14.5. The summed E-state index contributed by atoms with van der Waals surface area (Å²) in [5, 5.41) is 3.76. The molecule has 2 aromatic rings. The van der Waals surface area contributed by atoms with Crippen LogP contribution in [0.25, 0.3) is 0 Å². The Kier molecular flexibility index (Phi) is 3.88. The molecule has 21 heavy (non-hydrogen) atoms. The van der Waals surface area contributed by atoms with Crippen LogP contribution in [0, 0.1) is 0 Å². The molecule has 0 saturated carbocycles. The molecule has 0 fully saturated rings. The number of esters is 1. The van der Waals surface area contributed by atoms with E-state index in [9.17, 15) is 14.4 Å². The van der Waals surface area contributed by atoms with Gasteiger partial charge in [-0.2, -0.15) is 0 Å². The molecule has 0 aliphatic carbocycles. The van der Waals surface area contributed by atoms with E-state index in [4.69, 9.17) is 4.74 Å². The first-order chi connectivity index (χ1) is 9.93. The van der Waals surface area contributed by atoms with Crippen LogP contribution in [0.5, 0.6) is 11.6 Å². The highest BCUT2D eigenvalue weighted by molar-refractivity contribution is 5.89. The Morgan fingerprint density at radius 1 is 1.14 bits per heavy atom. The van der Waals surface area contributed by atoms with Crippen LogP contribution >= 0.6 is 0 Å². The number of hydrogen-bond acceptors (Lipinski definition) is 6. The molecule has 0 spiro atoms. The summed E-state index contributed by atoms with van der Waals surface area (Å²) >= 11 is 0. The minimum Gasteiger partial charge on any atom is -0.465 e. The minimum absolute atomic E-state index is 0.231. The number of aromatic nitrogens is 3. The van der Waals surface area contributed by atoms with E-state index in [1.807, 2.05) is 0 Å². The van der Waals surface area contributed by atoms with Gasteiger partial charge in [-0.15, -0.1) is 5.10 Å². The van der Waals surface area contributed by atoms with E-state index in [-0.39, 0.29) is 5.88 Å². The molecule has 1 heterocycles. The lowest BCUT2D eigenvalue weighted by molar-refractivity contribution is 0.0600. The Hall–Kier alpha value is -2.90. The molecule has 0 amide bonds. The summed E-state index contributed by atoms with van der Waals surface area (Å²) in [5.41, 5.74) is -0.838. The summed E-state index contributed by atoms with van der Waals surface area (Å²) in [6, 6.07) is 5.98. The molecule has 1 aromatic heterocycles. The Morgan fingerprint density at radius 2 is 1.76 bits per heavy atom. The van der Waals surface area contributed by atoms with E-state index >= 15 is 0 Å². The zero-order valence-electron chi connectivity index (χ0n) is 11.7. The molecular formula is C13H13N3O5. The fourth-order valence-corrected chi connectivity index (χ4v) is 1.62. The SMILES string of the molecule is COC(=O)c1ccc(Oc2nn(C)c(=O)n(C)c2=O)cc1. The number of carbonyl (C=O) groups is 1. The van der Waals surface area contributed by atoms with Crippen LogP contribution in [0.4, 0.5) is 0 Å². The lowest BCUT2D eigenvalue weighted by Gasteiger charge is -2.07. The predicted octanol–water partition coefficient (Wildman–Crippen LogP) is 0.0579. The van der Waals surface area contributed by atoms with Gasteiger partial charge in [0.15, 0.2) is 0 Å². The molecule has 0 saturated heterocycles. The van der Waals surface area contributed by atoms with Crippen molar-refractivity contribution < 1.29 is 14.3 Å². The minimum atomic E-state index is -0.643. The summed E-state index contributed by atoms with van der Waals surface area (Å²) in [4.78, 5) is 34.7. The van der Waals surface area contributed by atoms with Crippen molar-refractivity contribution in [1.29, 1.82) is 0 Å². The van der Waals surface area contributed by atoms with Gasteiger partial charge in [0.1, 0.15) is 5.75 Å². The number of benzene rings is 1. The number of hydrogen-bond donors (Lipinski definition) is 0. The standard InChI is InChI=1S/C13H13N3O5/c1-15-11(17)10(14-16(2)13(15)19)21-9-6-4-8(5-7-9)12(18)20-3/h4-7H,1-3H3. The molecule has 8 heteroatoms. The lowest BCUT2D eigenvalue weighted by atomic mass is 10.2. The van der Waals surface area contributed by atoms with Crippen LogP contribution in [-0.2, 0) is 18.8 Å². The van der Waals surface area contributed by atoms with Crippen molar-refractivity contribution in [3.8, 4) is 11.6 Å². The number of carbonyl (C=O) groups excluding carboxylic acids is 1. The Bertz CT molecular complexity index is 789. The maximum atomic E-state index is 11.9. The molecular weight excluding hydrogens is 278 g/mol. The number of aryl methyl sites for hydroxylation is 1. The van der Waals surface area contributed by atoms with E-state index in [0.717, 1.165) is 9.25 Å². The first-order valence-corrected chi connectivity index (χ1v) is 5.94. The zero-order chi connectivity index (χ0) is 15.6. The van der Waals surface area contributed by atoms with E-state index in [1.54, 1.807) is 0 Å². The van der Waals surface area contributed by atoms with Gasteiger partial charge in [0.05, 0.1) is 12.7 Å². The molecule has 8 nitrogen and oxygen atoms in total. The second-order valence-corrected chi connectivity index (χ2v) is 4.19. The Labute approximate surface area is 119 Å². The van der Waals surface area contributed by atoms with Crippen LogP contribution in [-0.4, -0.2) is 27.4 Å². The van der Waals surface area contributed by atoms with Crippen molar-refractivity contribution >= 4 is 5.97 Å². The van der Waals surface area contributed by atoms with Crippen molar-refractivity contribution in [2.45, 2.75) is 0 Å². The molecule has 110 valence electrons. The van der Waals surface area contributed by atoms with E-state index in [0.29, 0.717) is 11.3 Å². The molecule has 0 unspecified atom stereocenters. The van der Waals surface area contributed by atoms with Crippen LogP contribution in [0.3, 0.4) is 0 Å². The third kappa shape index (κ3) is 2.83. The molecule has 0 N–H and O–H groups in total. The van der Waals surface area contributed by atoms with E-state index < -0.39 is 17.2 Å². The van der Waals surface area contributed by atoms with Crippen molar-refractivity contribution in [3.63, 3.8) is 0 Å². The average molecular weight is 291 g/mol. The van der Waals surface area contributed by atoms with Gasteiger partial charge in [-0.25, -0.2) is 14.3 Å². The summed E-state index contributed by atoms with van der Waals surface area (Å²) < 4.78 is 11.8. The topological polar surface area (TPSA) is 92.4 Å². The lowest BCUT2D eigenvalue weighted by Crippen LogP contribution is -2.38. The van der Waals surface area contributed by atoms with E-state index in [2.05, 4.69) is 9.84 Å².